The molecule has 6 heteroatoms. The minimum atomic E-state index is -3.39. The van der Waals surface area contributed by atoms with Gasteiger partial charge in [-0.25, -0.2) is 8.42 Å². The molecule has 1 aliphatic rings. The van der Waals surface area contributed by atoms with Crippen LogP contribution in [0.4, 0.5) is 5.69 Å². The molecule has 1 N–H and O–H groups in total. The van der Waals surface area contributed by atoms with Gasteiger partial charge in [-0.3, -0.25) is 14.5 Å². The fraction of sp³-hybridized carbons (Fsp3) is 0.300. The fourth-order valence-electron chi connectivity index (χ4n) is 3.25. The monoisotopic (exact) mass is 370 g/mol. The van der Waals surface area contributed by atoms with Gasteiger partial charge in [0.2, 0.25) is 10.0 Å². The Balaban J connectivity index is 1.88. The minimum Gasteiger partial charge on any atom is -0.294 e. The van der Waals surface area contributed by atoms with E-state index < -0.39 is 10.0 Å². The molecule has 3 rings (SSSR count). The normalized spacial score (nSPS) is 15.7. The lowest BCUT2D eigenvalue weighted by molar-refractivity contribution is 0.100. The number of aliphatic imine (C=N–C) groups is 1. The van der Waals surface area contributed by atoms with E-state index in [2.05, 4.69) is 24.6 Å². The summed E-state index contributed by atoms with van der Waals surface area (Å²) >= 11 is 0. The third-order valence-corrected chi connectivity index (χ3v) is 4.81. The molecule has 0 aromatic heterocycles. The maximum Gasteiger partial charge on any atom is 0.229 e. The van der Waals surface area contributed by atoms with Gasteiger partial charge in [0.1, 0.15) is 0 Å². The van der Waals surface area contributed by atoms with E-state index >= 15 is 0 Å². The number of sulfonamides is 1. The van der Waals surface area contributed by atoms with Gasteiger partial charge in [-0.2, -0.15) is 0 Å². The van der Waals surface area contributed by atoms with Crippen LogP contribution in [0.2, 0.25) is 0 Å². The van der Waals surface area contributed by atoms with Crippen molar-refractivity contribution in [1.82, 2.24) is 0 Å². The molecular weight excluding hydrogens is 348 g/mol. The molecule has 5 nitrogen and oxygen atoms in total. The third kappa shape index (κ3) is 4.38. The highest BCUT2D eigenvalue weighted by Gasteiger charge is 2.27. The van der Waals surface area contributed by atoms with Crippen LogP contribution in [0.5, 0.6) is 0 Å². The van der Waals surface area contributed by atoms with E-state index in [1.807, 2.05) is 18.2 Å². The number of carbonyl (C=O) groups excluding carboxylic acids is 1. The maximum absolute atomic E-state index is 12.8. The summed E-state index contributed by atoms with van der Waals surface area (Å²) in [5, 5.41) is 0. The molecule has 2 aromatic rings. The van der Waals surface area contributed by atoms with Crippen molar-refractivity contribution in [3.8, 4) is 0 Å². The van der Waals surface area contributed by atoms with Gasteiger partial charge in [-0.1, -0.05) is 36.4 Å². The molecule has 136 valence electrons. The van der Waals surface area contributed by atoms with Crippen LogP contribution in [-0.4, -0.2) is 31.7 Å². The zero-order chi connectivity index (χ0) is 18.9. The van der Waals surface area contributed by atoms with Crippen molar-refractivity contribution in [3.05, 3.63) is 65.2 Å². The van der Waals surface area contributed by atoms with E-state index in [1.165, 1.54) is 5.56 Å². The van der Waals surface area contributed by atoms with Crippen molar-refractivity contribution in [2.75, 3.05) is 11.0 Å². The zero-order valence-electron chi connectivity index (χ0n) is 15.1. The smallest absolute Gasteiger partial charge is 0.229 e. The quantitative estimate of drug-likeness (QED) is 0.819. The molecule has 0 radical (unpaired) electrons. The fourth-order valence-corrected chi connectivity index (χ4v) is 3.80. The predicted octanol–water partition coefficient (Wildman–Crippen LogP) is 3.45. The zero-order valence-corrected chi connectivity index (χ0v) is 15.9. The number of benzene rings is 2. The molecule has 0 unspecified atom stereocenters. The highest BCUT2D eigenvalue weighted by atomic mass is 32.2. The number of fused-ring (bicyclic) bond motifs is 1. The van der Waals surface area contributed by atoms with Crippen LogP contribution in [0, 0.1) is 0 Å². The van der Waals surface area contributed by atoms with E-state index in [-0.39, 0.29) is 17.7 Å². The lowest BCUT2D eigenvalue weighted by Crippen LogP contribution is -2.30. The first-order valence-electron chi connectivity index (χ1n) is 8.41. The second kappa shape index (κ2) is 6.68. The van der Waals surface area contributed by atoms with Gasteiger partial charge < -0.3 is 0 Å². The number of hydrogen-bond acceptors (Lipinski definition) is 4. The van der Waals surface area contributed by atoms with Crippen LogP contribution < -0.4 is 4.72 Å². The highest BCUT2D eigenvalue weighted by Crippen LogP contribution is 2.28. The summed E-state index contributed by atoms with van der Waals surface area (Å²) in [5.74, 6) is -0.0894. The Morgan fingerprint density at radius 1 is 1.15 bits per heavy atom. The lowest BCUT2D eigenvalue weighted by Gasteiger charge is -2.29. The summed E-state index contributed by atoms with van der Waals surface area (Å²) in [7, 11) is -3.39. The summed E-state index contributed by atoms with van der Waals surface area (Å²) in [4.78, 5) is 17.6. The number of ketones is 1. The molecule has 0 bridgehead atoms. The summed E-state index contributed by atoms with van der Waals surface area (Å²) < 4.78 is 25.2. The molecule has 0 aliphatic carbocycles. The molecule has 0 fully saturated rings. The van der Waals surface area contributed by atoms with Crippen molar-refractivity contribution < 1.29 is 13.2 Å². The largest absolute Gasteiger partial charge is 0.294 e. The minimum absolute atomic E-state index is 0.0894. The van der Waals surface area contributed by atoms with Crippen molar-refractivity contribution in [1.29, 1.82) is 0 Å². The molecule has 1 aliphatic heterocycles. The predicted molar refractivity (Wildman–Crippen MR) is 105 cm³/mol. The van der Waals surface area contributed by atoms with Gasteiger partial charge in [0.25, 0.3) is 0 Å². The van der Waals surface area contributed by atoms with E-state index in [0.29, 0.717) is 11.3 Å². The van der Waals surface area contributed by atoms with Gasteiger partial charge in [0.05, 0.1) is 23.9 Å². The number of nitrogens with zero attached hydrogens (tertiary/aromatic N) is 1. The van der Waals surface area contributed by atoms with E-state index in [9.17, 15) is 13.2 Å². The molecule has 26 heavy (non-hydrogen) atoms. The molecular formula is C20H22N2O3S. The molecule has 2 aromatic carbocycles. The standard InChI is InChI=1S/C20H22N2O3S/c1-20(2)13-15-7-4-5-10-17(15)18(21-20)12-19(23)14-8-6-9-16(11-14)22-26(3,24)25/h4-11,22H,12-13H2,1-3H3. The number of rotatable bonds is 5. The Labute approximate surface area is 154 Å². The molecule has 0 amide bonds. The first-order valence-corrected chi connectivity index (χ1v) is 10.3. The molecule has 1 heterocycles. The topological polar surface area (TPSA) is 75.6 Å². The third-order valence-electron chi connectivity index (χ3n) is 4.20. The van der Waals surface area contributed by atoms with Crippen LogP contribution in [0.3, 0.4) is 0 Å². The van der Waals surface area contributed by atoms with Crippen molar-refractivity contribution in [2.45, 2.75) is 32.2 Å². The Morgan fingerprint density at radius 2 is 1.88 bits per heavy atom. The van der Waals surface area contributed by atoms with Gasteiger partial charge >= 0.3 is 0 Å². The SMILES string of the molecule is CC1(C)Cc2ccccc2C(CC(=O)c2cccc(NS(C)(=O)=O)c2)=N1. The van der Waals surface area contributed by atoms with Crippen LogP contribution in [-0.2, 0) is 16.4 Å². The summed E-state index contributed by atoms with van der Waals surface area (Å²) in [6.45, 7) is 4.12. The summed E-state index contributed by atoms with van der Waals surface area (Å²) in [5.41, 5.74) is 3.59. The van der Waals surface area contributed by atoms with Gasteiger partial charge in [-0.15, -0.1) is 0 Å². The second-order valence-corrected chi connectivity index (χ2v) is 9.01. The highest BCUT2D eigenvalue weighted by molar-refractivity contribution is 7.92. The van der Waals surface area contributed by atoms with E-state index in [1.54, 1.807) is 24.3 Å². The maximum atomic E-state index is 12.8. The van der Waals surface area contributed by atoms with Crippen LogP contribution in [0.25, 0.3) is 0 Å². The first kappa shape index (κ1) is 18.3. The second-order valence-electron chi connectivity index (χ2n) is 7.26. The Hall–Kier alpha value is -2.47. The van der Waals surface area contributed by atoms with E-state index in [0.717, 1.165) is 24.0 Å². The number of carbonyl (C=O) groups is 1. The Morgan fingerprint density at radius 3 is 2.62 bits per heavy atom. The van der Waals surface area contributed by atoms with Gasteiger partial charge in [-0.05, 0) is 43.5 Å². The Kier molecular flexibility index (Phi) is 4.71. The van der Waals surface area contributed by atoms with Crippen LogP contribution >= 0.6 is 0 Å². The van der Waals surface area contributed by atoms with Crippen LogP contribution in [0.15, 0.2) is 53.5 Å². The van der Waals surface area contributed by atoms with E-state index in [4.69, 9.17) is 4.99 Å². The lowest BCUT2D eigenvalue weighted by atomic mass is 9.85. The number of nitrogens with one attached hydrogen (secondary N) is 1. The molecule has 0 saturated heterocycles. The molecule has 0 saturated carbocycles. The van der Waals surface area contributed by atoms with Crippen molar-refractivity contribution in [2.24, 2.45) is 4.99 Å². The van der Waals surface area contributed by atoms with Crippen molar-refractivity contribution >= 4 is 27.2 Å². The van der Waals surface area contributed by atoms with Gasteiger partial charge in [0.15, 0.2) is 5.78 Å². The van der Waals surface area contributed by atoms with Crippen LogP contribution in [0.1, 0.15) is 41.8 Å². The molecule has 0 spiro atoms. The van der Waals surface area contributed by atoms with Crippen molar-refractivity contribution in [3.63, 3.8) is 0 Å². The Bertz CT molecular complexity index is 992. The number of Topliss-reactive ketones (excluding diaryl/α,β-unsaturated/α-hetero) is 1. The summed E-state index contributed by atoms with van der Waals surface area (Å²) in [6.07, 6.45) is 2.11. The average molecular weight is 370 g/mol. The average Bonchev–Trinajstić information content (AvgIpc) is 2.52. The molecule has 0 atom stereocenters. The summed E-state index contributed by atoms with van der Waals surface area (Å²) in [6, 6.07) is 14.6. The van der Waals surface area contributed by atoms with Gasteiger partial charge in [0, 0.05) is 11.3 Å². The first-order chi connectivity index (χ1) is 12.1. The number of hydrogen-bond donors (Lipinski definition) is 1. The number of anilines is 1.